The van der Waals surface area contributed by atoms with Gasteiger partial charge in [-0.05, 0) is 0 Å². The topological polar surface area (TPSA) is 0 Å². The first-order valence-electron chi connectivity index (χ1n) is 2.34. The Morgan fingerprint density at radius 3 is 1.86 bits per heavy atom. The molecule has 2 rings (SSSR count). The Labute approximate surface area is 62.3 Å². The molecule has 0 spiro atoms. The molecule has 3 heteroatoms. The minimum atomic E-state index is 0.498. The average Bonchev–Trinajstić information content (AvgIpc) is 2.33. The molecule has 0 amide bonds. The van der Waals surface area contributed by atoms with E-state index in [0.717, 1.165) is 0 Å². The predicted molar refractivity (Wildman–Crippen MR) is 38.2 cm³/mol. The van der Waals surface area contributed by atoms with Crippen molar-refractivity contribution in [1.29, 1.82) is 0 Å². The van der Waals surface area contributed by atoms with Crippen molar-refractivity contribution >= 4 is 44.4 Å². The molecule has 7 heavy (non-hydrogen) atoms. The Balaban J connectivity index is 1.69. The zero-order valence-electron chi connectivity index (χ0n) is 3.79. The van der Waals surface area contributed by atoms with Crippen molar-refractivity contribution in [3.8, 4) is 0 Å². The van der Waals surface area contributed by atoms with Gasteiger partial charge in [0.05, 0.1) is 0 Å². The van der Waals surface area contributed by atoms with E-state index < -0.39 is 0 Å². The standard InChI is InChI=1S/C4H6S2Te/c1-3(5-1)7-4-2-6-4/h3-4H,1-2H2. The van der Waals surface area contributed by atoms with Crippen LogP contribution in [0.15, 0.2) is 0 Å². The molecule has 2 aliphatic heterocycles. The summed E-state index contributed by atoms with van der Waals surface area (Å²) >= 11 is 4.86. The molecule has 0 N–H and O–H groups in total. The van der Waals surface area contributed by atoms with Crippen molar-refractivity contribution < 1.29 is 0 Å². The molecule has 40 valence electrons. The molecule has 0 aromatic heterocycles. The van der Waals surface area contributed by atoms with E-state index in [4.69, 9.17) is 0 Å². The van der Waals surface area contributed by atoms with Gasteiger partial charge in [-0.15, -0.1) is 0 Å². The first-order valence-corrected chi connectivity index (χ1v) is 7.13. The first-order chi connectivity index (χ1) is 3.45. The quantitative estimate of drug-likeness (QED) is 0.522. The van der Waals surface area contributed by atoms with Gasteiger partial charge in [0.25, 0.3) is 0 Å². The summed E-state index contributed by atoms with van der Waals surface area (Å²) < 4.78 is 2.43. The van der Waals surface area contributed by atoms with Gasteiger partial charge in [0, 0.05) is 0 Å². The van der Waals surface area contributed by atoms with Gasteiger partial charge in [-0.3, -0.25) is 0 Å². The third-order valence-electron chi connectivity index (χ3n) is 0.909. The van der Waals surface area contributed by atoms with Crippen LogP contribution in [0.4, 0.5) is 0 Å². The molecule has 0 aromatic carbocycles. The van der Waals surface area contributed by atoms with Gasteiger partial charge in [0.15, 0.2) is 0 Å². The van der Waals surface area contributed by atoms with Crippen LogP contribution in [0.3, 0.4) is 0 Å². The summed E-state index contributed by atoms with van der Waals surface area (Å²) in [5, 5.41) is 0. The van der Waals surface area contributed by atoms with Crippen molar-refractivity contribution in [1.82, 2.24) is 0 Å². The van der Waals surface area contributed by atoms with Crippen LogP contribution >= 0.6 is 23.5 Å². The predicted octanol–water partition coefficient (Wildman–Crippen LogP) is 0.836. The van der Waals surface area contributed by atoms with Gasteiger partial charge in [-0.1, -0.05) is 0 Å². The number of hydrogen-bond acceptors (Lipinski definition) is 2. The minimum absolute atomic E-state index is 0.498. The molecular formula is C4H6S2Te. The van der Waals surface area contributed by atoms with Crippen LogP contribution in [0, 0.1) is 0 Å². The van der Waals surface area contributed by atoms with Crippen LogP contribution in [0.1, 0.15) is 0 Å². The molecule has 0 nitrogen and oxygen atoms in total. The Hall–Kier alpha value is 1.49. The molecule has 0 aromatic rings. The molecule has 0 bridgehead atoms. The van der Waals surface area contributed by atoms with Gasteiger partial charge in [-0.25, -0.2) is 0 Å². The Morgan fingerprint density at radius 2 is 1.57 bits per heavy atom. The van der Waals surface area contributed by atoms with E-state index in [0.29, 0.717) is 20.9 Å². The van der Waals surface area contributed by atoms with Crippen LogP contribution in [0.5, 0.6) is 0 Å². The van der Waals surface area contributed by atoms with E-state index >= 15 is 0 Å². The van der Waals surface area contributed by atoms with Gasteiger partial charge in [-0.2, -0.15) is 0 Å². The maximum absolute atomic E-state index is 2.18. The molecule has 2 heterocycles. The number of thioether (sulfide) groups is 2. The van der Waals surface area contributed by atoms with E-state index in [1.807, 2.05) is 0 Å². The average molecular weight is 246 g/mol. The molecular weight excluding hydrogens is 240 g/mol. The fourth-order valence-electron chi connectivity index (χ4n) is 0.405. The van der Waals surface area contributed by atoms with Crippen LogP contribution < -0.4 is 0 Å². The third-order valence-corrected chi connectivity index (χ3v) is 10.0. The van der Waals surface area contributed by atoms with Crippen molar-refractivity contribution in [2.45, 2.75) is 6.60 Å². The van der Waals surface area contributed by atoms with E-state index in [2.05, 4.69) is 23.5 Å². The first kappa shape index (κ1) is 5.29. The fraction of sp³-hybridized carbons (Fsp3) is 1.00. The van der Waals surface area contributed by atoms with E-state index in [1.54, 1.807) is 0 Å². The maximum atomic E-state index is 2.18. The van der Waals surface area contributed by atoms with Crippen LogP contribution in [-0.2, 0) is 0 Å². The molecule has 0 saturated carbocycles. The summed E-state index contributed by atoms with van der Waals surface area (Å²) in [6.07, 6.45) is 0. The van der Waals surface area contributed by atoms with Gasteiger partial charge < -0.3 is 0 Å². The number of hydrogen-bond donors (Lipinski definition) is 0. The molecule has 2 fully saturated rings. The van der Waals surface area contributed by atoms with E-state index in [1.165, 1.54) is 18.1 Å². The second-order valence-electron chi connectivity index (χ2n) is 1.66. The number of rotatable bonds is 2. The third kappa shape index (κ3) is 1.71. The normalized spacial score (nSPS) is 46.3. The van der Waals surface area contributed by atoms with Gasteiger partial charge in [0.1, 0.15) is 0 Å². The SMILES string of the molecule is C1SC1[Te]C1CS1. The van der Waals surface area contributed by atoms with Gasteiger partial charge >= 0.3 is 62.5 Å². The Morgan fingerprint density at radius 1 is 1.14 bits per heavy atom. The molecule has 0 aliphatic carbocycles. The summed E-state index contributed by atoms with van der Waals surface area (Å²) in [6, 6.07) is 0. The zero-order valence-corrected chi connectivity index (χ0v) is 7.76. The second kappa shape index (κ2) is 2.02. The molecule has 2 unspecified atom stereocenters. The van der Waals surface area contributed by atoms with Crippen molar-refractivity contribution in [2.24, 2.45) is 0 Å². The molecule has 2 atom stereocenters. The molecule has 2 aliphatic rings. The molecule has 0 radical (unpaired) electrons. The Bertz CT molecular complexity index is 67.8. The summed E-state index contributed by atoms with van der Waals surface area (Å²) in [6.45, 7) is 0. The molecule has 2 saturated heterocycles. The summed E-state index contributed by atoms with van der Waals surface area (Å²) in [5.74, 6) is 3.03. The van der Waals surface area contributed by atoms with Crippen molar-refractivity contribution in [3.05, 3.63) is 0 Å². The van der Waals surface area contributed by atoms with Crippen molar-refractivity contribution in [3.63, 3.8) is 0 Å². The van der Waals surface area contributed by atoms with Crippen LogP contribution in [0.2, 0.25) is 0 Å². The van der Waals surface area contributed by atoms with E-state index in [9.17, 15) is 0 Å². The second-order valence-corrected chi connectivity index (χ2v) is 10.0. The zero-order chi connectivity index (χ0) is 4.69. The Kier molecular flexibility index (Phi) is 1.53. The van der Waals surface area contributed by atoms with E-state index in [-0.39, 0.29) is 0 Å². The van der Waals surface area contributed by atoms with Gasteiger partial charge in [0.2, 0.25) is 0 Å². The monoisotopic (exact) mass is 248 g/mol. The van der Waals surface area contributed by atoms with Crippen LogP contribution in [-0.4, -0.2) is 39.0 Å². The van der Waals surface area contributed by atoms with Crippen LogP contribution in [0.25, 0.3) is 0 Å². The van der Waals surface area contributed by atoms with Crippen molar-refractivity contribution in [2.75, 3.05) is 11.5 Å². The summed E-state index contributed by atoms with van der Waals surface area (Å²) in [7, 11) is 0. The fourth-order valence-corrected chi connectivity index (χ4v) is 8.15. The summed E-state index contributed by atoms with van der Waals surface area (Å²) in [5.41, 5.74) is 0. The summed E-state index contributed by atoms with van der Waals surface area (Å²) in [4.78, 5) is 0.